The van der Waals surface area contributed by atoms with Crippen LogP contribution in [0.15, 0.2) is 97.1 Å². The molecule has 0 spiro atoms. The number of nitrogen functional groups attached to an aromatic ring is 2. The van der Waals surface area contributed by atoms with Crippen molar-refractivity contribution in [1.82, 2.24) is 0 Å². The number of hydrogen-bond acceptors (Lipinski definition) is 2. The molecule has 0 saturated carbocycles. The lowest BCUT2D eigenvalue weighted by Crippen LogP contribution is -2.07. The standard InChI is InChI=1S/C50H72N2/c1-4-7-10-13-14-15-16-17-20-46(41-27-29-43(30-28-41)50(22-19-12-9-6-3)45-33-37-48(52)38-34-45)39-40-23-25-42(26-24-40)49(21-18-11-8-5-2)44-31-35-47(51)36-32-44/h23-38,46,49-50H,4-22,39,51-52H2,1-3H3. The lowest BCUT2D eigenvalue weighted by molar-refractivity contribution is 0.527. The fourth-order valence-electron chi connectivity index (χ4n) is 8.14. The summed E-state index contributed by atoms with van der Waals surface area (Å²) in [7, 11) is 0. The molecule has 0 aliphatic heterocycles. The maximum Gasteiger partial charge on any atom is 0.0314 e. The average molecular weight is 701 g/mol. The van der Waals surface area contributed by atoms with Crippen LogP contribution in [-0.2, 0) is 6.42 Å². The Morgan fingerprint density at radius 2 is 0.654 bits per heavy atom. The van der Waals surface area contributed by atoms with Crippen molar-refractivity contribution in [3.05, 3.63) is 130 Å². The van der Waals surface area contributed by atoms with E-state index in [0.717, 1.165) is 17.8 Å². The van der Waals surface area contributed by atoms with Crippen LogP contribution < -0.4 is 11.5 Å². The molecule has 4 rings (SSSR count). The smallest absolute Gasteiger partial charge is 0.0314 e. The second kappa shape index (κ2) is 23.9. The number of unbranched alkanes of at least 4 members (excludes halogenated alkanes) is 13. The highest BCUT2D eigenvalue weighted by molar-refractivity contribution is 5.44. The van der Waals surface area contributed by atoms with Crippen molar-refractivity contribution >= 4 is 11.4 Å². The Labute approximate surface area is 319 Å². The highest BCUT2D eigenvalue weighted by Gasteiger charge is 2.19. The third kappa shape index (κ3) is 14.1. The largest absolute Gasteiger partial charge is 0.399 e. The van der Waals surface area contributed by atoms with E-state index in [1.165, 1.54) is 155 Å². The zero-order valence-corrected chi connectivity index (χ0v) is 33.3. The summed E-state index contributed by atoms with van der Waals surface area (Å²) in [6.07, 6.45) is 25.9. The van der Waals surface area contributed by atoms with E-state index in [2.05, 4.69) is 118 Å². The summed E-state index contributed by atoms with van der Waals surface area (Å²) < 4.78 is 0. The molecule has 0 aliphatic carbocycles. The van der Waals surface area contributed by atoms with Crippen LogP contribution in [0.4, 0.5) is 11.4 Å². The summed E-state index contributed by atoms with van der Waals surface area (Å²) in [4.78, 5) is 0. The van der Waals surface area contributed by atoms with Crippen LogP contribution >= 0.6 is 0 Å². The van der Waals surface area contributed by atoms with Gasteiger partial charge in [0.05, 0.1) is 0 Å². The van der Waals surface area contributed by atoms with Crippen molar-refractivity contribution in [1.29, 1.82) is 0 Å². The second-order valence-electron chi connectivity index (χ2n) is 15.7. The molecule has 4 aromatic carbocycles. The van der Waals surface area contributed by atoms with Crippen LogP contribution in [-0.4, -0.2) is 0 Å². The molecule has 0 heterocycles. The van der Waals surface area contributed by atoms with E-state index in [1.54, 1.807) is 0 Å². The van der Waals surface area contributed by atoms with Gasteiger partial charge in [0.2, 0.25) is 0 Å². The summed E-state index contributed by atoms with van der Waals surface area (Å²) in [6.45, 7) is 6.89. The van der Waals surface area contributed by atoms with E-state index >= 15 is 0 Å². The van der Waals surface area contributed by atoms with E-state index in [1.807, 2.05) is 0 Å². The second-order valence-corrected chi connectivity index (χ2v) is 15.7. The monoisotopic (exact) mass is 701 g/mol. The molecule has 0 radical (unpaired) electrons. The van der Waals surface area contributed by atoms with Gasteiger partial charge in [0.1, 0.15) is 0 Å². The van der Waals surface area contributed by atoms with Gasteiger partial charge >= 0.3 is 0 Å². The molecular formula is C50H72N2. The summed E-state index contributed by atoms with van der Waals surface area (Å²) >= 11 is 0. The first-order valence-corrected chi connectivity index (χ1v) is 21.4. The van der Waals surface area contributed by atoms with Gasteiger partial charge in [-0.2, -0.15) is 0 Å². The van der Waals surface area contributed by atoms with Crippen molar-refractivity contribution in [2.24, 2.45) is 0 Å². The predicted octanol–water partition coefficient (Wildman–Crippen LogP) is 14.9. The third-order valence-electron chi connectivity index (χ3n) is 11.5. The number of anilines is 2. The Hall–Kier alpha value is -3.52. The molecule has 0 saturated heterocycles. The van der Waals surface area contributed by atoms with Crippen molar-refractivity contribution < 1.29 is 0 Å². The van der Waals surface area contributed by atoms with Gasteiger partial charge in [-0.3, -0.25) is 0 Å². The Bertz CT molecular complexity index is 1470. The molecule has 52 heavy (non-hydrogen) atoms. The zero-order chi connectivity index (χ0) is 36.8. The van der Waals surface area contributed by atoms with E-state index in [9.17, 15) is 0 Å². The van der Waals surface area contributed by atoms with Gasteiger partial charge in [-0.1, -0.05) is 196 Å². The molecule has 3 unspecified atom stereocenters. The van der Waals surface area contributed by atoms with E-state index in [-0.39, 0.29) is 0 Å². The van der Waals surface area contributed by atoms with Crippen LogP contribution in [0.25, 0.3) is 0 Å². The first kappa shape index (κ1) is 41.2. The molecule has 2 heteroatoms. The summed E-state index contributed by atoms with van der Waals surface area (Å²) in [5, 5.41) is 0. The molecule has 4 N–H and O–H groups in total. The van der Waals surface area contributed by atoms with Crippen LogP contribution in [0.2, 0.25) is 0 Å². The minimum Gasteiger partial charge on any atom is -0.399 e. The summed E-state index contributed by atoms with van der Waals surface area (Å²) in [6, 6.07) is 36.7. The fraction of sp³-hybridized carbons (Fsp3) is 0.520. The number of benzene rings is 4. The van der Waals surface area contributed by atoms with Crippen LogP contribution in [0.3, 0.4) is 0 Å². The zero-order valence-electron chi connectivity index (χ0n) is 33.3. The summed E-state index contributed by atoms with van der Waals surface area (Å²) in [5.41, 5.74) is 22.4. The van der Waals surface area contributed by atoms with E-state index in [4.69, 9.17) is 11.5 Å². The molecule has 0 bridgehead atoms. The number of rotatable bonds is 26. The molecule has 2 nitrogen and oxygen atoms in total. The molecular weight excluding hydrogens is 629 g/mol. The minimum atomic E-state index is 0.418. The Morgan fingerprint density at radius 1 is 0.346 bits per heavy atom. The van der Waals surface area contributed by atoms with Gasteiger partial charge in [-0.25, -0.2) is 0 Å². The van der Waals surface area contributed by atoms with Crippen molar-refractivity contribution in [3.8, 4) is 0 Å². The minimum absolute atomic E-state index is 0.418. The molecule has 3 atom stereocenters. The first-order valence-electron chi connectivity index (χ1n) is 21.4. The molecule has 0 aromatic heterocycles. The first-order chi connectivity index (χ1) is 25.5. The Kier molecular flexibility index (Phi) is 19.0. The van der Waals surface area contributed by atoms with Gasteiger partial charge < -0.3 is 11.5 Å². The van der Waals surface area contributed by atoms with Gasteiger partial charge in [0.25, 0.3) is 0 Å². The quantitative estimate of drug-likeness (QED) is 0.0506. The molecule has 0 fully saturated rings. The van der Waals surface area contributed by atoms with Crippen molar-refractivity contribution in [2.75, 3.05) is 11.5 Å². The molecule has 0 amide bonds. The van der Waals surface area contributed by atoms with Gasteiger partial charge in [0.15, 0.2) is 0 Å². The highest BCUT2D eigenvalue weighted by Crippen LogP contribution is 2.35. The Balaban J connectivity index is 1.51. The number of nitrogens with two attached hydrogens (primary N) is 2. The van der Waals surface area contributed by atoms with Crippen molar-refractivity contribution in [3.63, 3.8) is 0 Å². The van der Waals surface area contributed by atoms with Gasteiger partial charge in [-0.15, -0.1) is 0 Å². The lowest BCUT2D eigenvalue weighted by atomic mass is 9.82. The van der Waals surface area contributed by atoms with E-state index < -0.39 is 0 Å². The third-order valence-corrected chi connectivity index (χ3v) is 11.5. The highest BCUT2D eigenvalue weighted by atomic mass is 14.5. The van der Waals surface area contributed by atoms with Crippen molar-refractivity contribution in [2.45, 2.75) is 167 Å². The fourth-order valence-corrected chi connectivity index (χ4v) is 8.14. The predicted molar refractivity (Wildman–Crippen MR) is 229 cm³/mol. The Morgan fingerprint density at radius 3 is 1.08 bits per heavy atom. The van der Waals surface area contributed by atoms with Gasteiger partial charge in [-0.05, 0) is 89.2 Å². The SMILES string of the molecule is CCCCCCCCCCC(Cc1ccc(C(CCCCCC)c2ccc(N)cc2)cc1)c1ccc(C(CCCCCC)c2ccc(N)cc2)cc1. The molecule has 0 aliphatic rings. The van der Waals surface area contributed by atoms with Crippen LogP contribution in [0, 0.1) is 0 Å². The average Bonchev–Trinajstić information content (AvgIpc) is 3.17. The van der Waals surface area contributed by atoms with Gasteiger partial charge in [0, 0.05) is 23.2 Å². The summed E-state index contributed by atoms with van der Waals surface area (Å²) in [5.74, 6) is 1.37. The normalized spacial score (nSPS) is 13.2. The van der Waals surface area contributed by atoms with Crippen LogP contribution in [0.5, 0.6) is 0 Å². The molecule has 282 valence electrons. The topological polar surface area (TPSA) is 52.0 Å². The van der Waals surface area contributed by atoms with Crippen LogP contribution in [0.1, 0.15) is 194 Å². The lowest BCUT2D eigenvalue weighted by Gasteiger charge is -2.22. The maximum atomic E-state index is 6.09. The maximum absolute atomic E-state index is 6.09. The number of hydrogen-bond donors (Lipinski definition) is 2. The van der Waals surface area contributed by atoms with E-state index in [0.29, 0.717) is 17.8 Å². The molecule has 4 aromatic rings.